The molecule has 0 aromatic heterocycles. The van der Waals surface area contributed by atoms with E-state index in [1.54, 1.807) is 7.05 Å². The van der Waals surface area contributed by atoms with Crippen molar-refractivity contribution in [2.24, 2.45) is 5.41 Å². The summed E-state index contributed by atoms with van der Waals surface area (Å²) < 4.78 is 27.7. The summed E-state index contributed by atoms with van der Waals surface area (Å²) in [7, 11) is -1.90. The van der Waals surface area contributed by atoms with Crippen LogP contribution in [0.15, 0.2) is 0 Å². The highest BCUT2D eigenvalue weighted by Crippen LogP contribution is 2.24. The molecule has 0 rings (SSSR count). The van der Waals surface area contributed by atoms with Crippen molar-refractivity contribution in [3.63, 3.8) is 0 Å². The largest absolute Gasteiger partial charge is 0.396 e. The summed E-state index contributed by atoms with van der Waals surface area (Å²) in [5.74, 6) is 0. The van der Waals surface area contributed by atoms with Gasteiger partial charge in [-0.05, 0) is 26.7 Å². The van der Waals surface area contributed by atoms with E-state index in [2.05, 4.69) is 4.72 Å². The molecule has 0 unspecified atom stereocenters. The summed E-state index contributed by atoms with van der Waals surface area (Å²) in [6.45, 7) is 7.82. The fourth-order valence-corrected chi connectivity index (χ4v) is 2.65. The lowest BCUT2D eigenvalue weighted by Gasteiger charge is -2.31. The van der Waals surface area contributed by atoms with Crippen LogP contribution in [0.4, 0.5) is 0 Å². The van der Waals surface area contributed by atoms with Crippen LogP contribution in [0.25, 0.3) is 0 Å². The van der Waals surface area contributed by atoms with E-state index < -0.39 is 10.2 Å². The maximum Gasteiger partial charge on any atom is 0.279 e. The number of nitrogens with one attached hydrogen (secondary N) is 1. The second kappa shape index (κ2) is 6.68. The van der Waals surface area contributed by atoms with E-state index >= 15 is 0 Å². The second-order valence-electron chi connectivity index (χ2n) is 4.80. The Balaban J connectivity index is 4.65. The molecule has 0 amide bonds. The molecular weight excluding hydrogens is 240 g/mol. The van der Waals surface area contributed by atoms with Crippen molar-refractivity contribution in [2.45, 2.75) is 46.6 Å². The Labute approximate surface area is 105 Å². The van der Waals surface area contributed by atoms with Crippen LogP contribution in [0.2, 0.25) is 0 Å². The normalized spacial score (nSPS) is 13.6. The van der Waals surface area contributed by atoms with Gasteiger partial charge in [0, 0.05) is 31.7 Å². The average molecular weight is 266 g/mol. The molecule has 5 nitrogen and oxygen atoms in total. The van der Waals surface area contributed by atoms with Crippen LogP contribution in [-0.4, -0.2) is 44.1 Å². The maximum atomic E-state index is 11.9. The predicted molar refractivity (Wildman–Crippen MR) is 69.9 cm³/mol. The van der Waals surface area contributed by atoms with E-state index in [0.717, 1.165) is 12.8 Å². The third kappa shape index (κ3) is 4.54. The lowest BCUT2D eigenvalue weighted by Crippen LogP contribution is -2.46. The van der Waals surface area contributed by atoms with E-state index in [0.29, 0.717) is 0 Å². The highest BCUT2D eigenvalue weighted by molar-refractivity contribution is 7.87. The smallest absolute Gasteiger partial charge is 0.279 e. The summed E-state index contributed by atoms with van der Waals surface area (Å²) in [5, 5.41) is 9.37. The Morgan fingerprint density at radius 3 is 2.06 bits per heavy atom. The zero-order chi connectivity index (χ0) is 13.7. The van der Waals surface area contributed by atoms with Gasteiger partial charge in [0.2, 0.25) is 0 Å². The Morgan fingerprint density at radius 1 is 1.29 bits per heavy atom. The van der Waals surface area contributed by atoms with Crippen LogP contribution in [0.3, 0.4) is 0 Å². The molecule has 2 N–H and O–H groups in total. The predicted octanol–water partition coefficient (Wildman–Crippen LogP) is 0.960. The molecule has 6 heteroatoms. The van der Waals surface area contributed by atoms with E-state index in [1.165, 1.54) is 4.31 Å². The Morgan fingerprint density at radius 2 is 1.76 bits per heavy atom. The van der Waals surface area contributed by atoms with Crippen molar-refractivity contribution in [1.29, 1.82) is 0 Å². The molecule has 0 aromatic carbocycles. The van der Waals surface area contributed by atoms with Gasteiger partial charge in [-0.3, -0.25) is 0 Å². The van der Waals surface area contributed by atoms with Gasteiger partial charge in [-0.25, -0.2) is 4.72 Å². The minimum absolute atomic E-state index is 0.00604. The molecule has 0 atom stereocenters. The molecule has 0 fully saturated rings. The summed E-state index contributed by atoms with van der Waals surface area (Å²) in [4.78, 5) is 0. The average Bonchev–Trinajstić information content (AvgIpc) is 2.30. The SMILES string of the molecule is CCC(CC)(CO)CNS(=O)(=O)N(C)C(C)C. The first-order valence-corrected chi connectivity index (χ1v) is 7.52. The van der Waals surface area contributed by atoms with Crippen LogP contribution >= 0.6 is 0 Å². The fourth-order valence-electron chi connectivity index (χ4n) is 1.40. The first kappa shape index (κ1) is 16.8. The van der Waals surface area contributed by atoms with Gasteiger partial charge in [-0.15, -0.1) is 0 Å². The van der Waals surface area contributed by atoms with E-state index in [-0.39, 0.29) is 24.6 Å². The topological polar surface area (TPSA) is 69.6 Å². The summed E-state index contributed by atoms with van der Waals surface area (Å²) in [5.41, 5.74) is -0.356. The van der Waals surface area contributed by atoms with Crippen molar-refractivity contribution < 1.29 is 13.5 Å². The molecule has 0 radical (unpaired) electrons. The molecule has 0 saturated heterocycles. The summed E-state index contributed by atoms with van der Waals surface area (Å²) in [6.07, 6.45) is 1.49. The molecule has 0 aliphatic heterocycles. The minimum atomic E-state index is -3.45. The molecule has 104 valence electrons. The van der Waals surface area contributed by atoms with Crippen LogP contribution in [0, 0.1) is 5.41 Å². The highest BCUT2D eigenvalue weighted by Gasteiger charge is 2.29. The van der Waals surface area contributed by atoms with Crippen LogP contribution in [0.5, 0.6) is 0 Å². The van der Waals surface area contributed by atoms with E-state index in [4.69, 9.17) is 0 Å². The molecule has 0 spiro atoms. The van der Waals surface area contributed by atoms with Crippen molar-refractivity contribution in [1.82, 2.24) is 9.03 Å². The quantitative estimate of drug-likeness (QED) is 0.687. The van der Waals surface area contributed by atoms with Crippen molar-refractivity contribution >= 4 is 10.2 Å². The van der Waals surface area contributed by atoms with Gasteiger partial charge in [0.25, 0.3) is 10.2 Å². The van der Waals surface area contributed by atoms with Crippen LogP contribution in [0.1, 0.15) is 40.5 Å². The molecule has 17 heavy (non-hydrogen) atoms. The van der Waals surface area contributed by atoms with Crippen molar-refractivity contribution in [3.8, 4) is 0 Å². The molecule has 0 aliphatic carbocycles. The Kier molecular flexibility index (Phi) is 6.61. The van der Waals surface area contributed by atoms with Crippen molar-refractivity contribution in [2.75, 3.05) is 20.2 Å². The van der Waals surface area contributed by atoms with Crippen molar-refractivity contribution in [3.05, 3.63) is 0 Å². The van der Waals surface area contributed by atoms with Gasteiger partial charge >= 0.3 is 0 Å². The number of aliphatic hydroxyl groups is 1. The first-order chi connectivity index (χ1) is 7.74. The Bertz CT molecular complexity index is 302. The molecule has 0 bridgehead atoms. The summed E-state index contributed by atoms with van der Waals surface area (Å²) in [6, 6.07) is -0.0840. The fraction of sp³-hybridized carbons (Fsp3) is 1.00. The van der Waals surface area contributed by atoms with E-state index in [9.17, 15) is 13.5 Å². The van der Waals surface area contributed by atoms with Crippen LogP contribution < -0.4 is 4.72 Å². The van der Waals surface area contributed by atoms with Gasteiger partial charge in [-0.2, -0.15) is 12.7 Å². The van der Waals surface area contributed by atoms with Gasteiger partial charge in [0.15, 0.2) is 0 Å². The number of hydrogen-bond acceptors (Lipinski definition) is 3. The number of nitrogens with zero attached hydrogens (tertiary/aromatic N) is 1. The molecule has 0 saturated carbocycles. The number of hydrogen-bond donors (Lipinski definition) is 2. The van der Waals surface area contributed by atoms with Crippen LogP contribution in [-0.2, 0) is 10.2 Å². The van der Waals surface area contributed by atoms with Gasteiger partial charge in [-0.1, -0.05) is 13.8 Å². The third-order valence-corrected chi connectivity index (χ3v) is 5.26. The molecule has 0 aliphatic rings. The Hall–Kier alpha value is -0.170. The number of aliphatic hydroxyl groups excluding tert-OH is 1. The lowest BCUT2D eigenvalue weighted by atomic mass is 9.84. The first-order valence-electron chi connectivity index (χ1n) is 6.08. The van der Waals surface area contributed by atoms with Gasteiger partial charge in [0.05, 0.1) is 0 Å². The summed E-state index contributed by atoms with van der Waals surface area (Å²) >= 11 is 0. The highest BCUT2D eigenvalue weighted by atomic mass is 32.2. The monoisotopic (exact) mass is 266 g/mol. The second-order valence-corrected chi connectivity index (χ2v) is 6.62. The molecule has 0 aromatic rings. The maximum absolute atomic E-state index is 11.9. The lowest BCUT2D eigenvalue weighted by molar-refractivity contribution is 0.118. The van der Waals surface area contributed by atoms with E-state index in [1.807, 2.05) is 27.7 Å². The van der Waals surface area contributed by atoms with Gasteiger partial charge in [0.1, 0.15) is 0 Å². The zero-order valence-corrected chi connectivity index (χ0v) is 12.3. The zero-order valence-electron chi connectivity index (χ0n) is 11.5. The minimum Gasteiger partial charge on any atom is -0.396 e. The molecular formula is C11H26N2O3S. The third-order valence-electron chi connectivity index (χ3n) is 3.57. The van der Waals surface area contributed by atoms with Gasteiger partial charge < -0.3 is 5.11 Å². The molecule has 0 heterocycles. The number of rotatable bonds is 8. The standard InChI is InChI=1S/C11H26N2O3S/c1-6-11(7-2,9-14)8-12-17(15,16)13(5)10(3)4/h10,12,14H,6-9H2,1-5H3.